The lowest BCUT2D eigenvalue weighted by Crippen LogP contribution is -2.29. The van der Waals surface area contributed by atoms with E-state index in [2.05, 4.69) is 4.74 Å². The van der Waals surface area contributed by atoms with E-state index in [1.807, 2.05) is 0 Å². The number of benzene rings is 2. The van der Waals surface area contributed by atoms with Crippen molar-refractivity contribution >= 4 is 17.2 Å². The maximum Gasteiger partial charge on any atom is 0.573 e. The predicted molar refractivity (Wildman–Crippen MR) is 105 cm³/mol. The number of nitrogens with zero attached hydrogens (tertiary/aromatic N) is 2. The van der Waals surface area contributed by atoms with Gasteiger partial charge in [0.15, 0.2) is 5.58 Å². The lowest BCUT2D eigenvalue weighted by molar-refractivity contribution is -0.274. The average Bonchev–Trinajstić information content (AvgIpc) is 3.31. The first-order chi connectivity index (χ1) is 14.7. The molecule has 4 rings (SSSR count). The Bertz CT molecular complexity index is 1150. The molecule has 31 heavy (non-hydrogen) atoms. The van der Waals surface area contributed by atoms with E-state index in [0.717, 1.165) is 6.42 Å². The van der Waals surface area contributed by atoms with Gasteiger partial charge in [-0.25, -0.2) is 9.59 Å². The minimum atomic E-state index is -4.75. The van der Waals surface area contributed by atoms with Gasteiger partial charge in [0, 0.05) is 19.6 Å². The third-order valence-corrected chi connectivity index (χ3v) is 5.25. The third-order valence-electron chi connectivity index (χ3n) is 5.25. The van der Waals surface area contributed by atoms with E-state index in [1.54, 1.807) is 23.1 Å². The highest BCUT2D eigenvalue weighted by Crippen LogP contribution is 2.29. The second kappa shape index (κ2) is 8.01. The van der Waals surface area contributed by atoms with Gasteiger partial charge in [-0.2, -0.15) is 0 Å². The maximum atomic E-state index is 12.4. The first-order valence-corrected chi connectivity index (χ1v) is 9.56. The van der Waals surface area contributed by atoms with Crippen molar-refractivity contribution in [3.63, 3.8) is 0 Å². The molecule has 1 aromatic heterocycles. The van der Waals surface area contributed by atoms with Gasteiger partial charge in [0.05, 0.1) is 12.6 Å². The fourth-order valence-electron chi connectivity index (χ4n) is 3.80. The zero-order valence-electron chi connectivity index (χ0n) is 16.5. The average molecular weight is 436 g/mol. The van der Waals surface area contributed by atoms with Crippen molar-refractivity contribution in [1.82, 2.24) is 9.47 Å². The standard InChI is InChI=1S/C21H19F3N2O5/c1-29-19(27)25-9-8-13(11-25)12-26-17-10-15(4-7-18(17)30-20(26)28)14-2-5-16(6-3-14)31-21(22,23)24/h2-7,10,13H,8-9,11-12H2,1H3/t13-/m0/s1. The van der Waals surface area contributed by atoms with Crippen molar-refractivity contribution in [2.75, 3.05) is 20.2 Å². The summed E-state index contributed by atoms with van der Waals surface area (Å²) in [6, 6.07) is 10.6. The molecule has 0 N–H and O–H groups in total. The van der Waals surface area contributed by atoms with Gasteiger partial charge in [-0.05, 0) is 47.7 Å². The molecule has 7 nitrogen and oxygen atoms in total. The van der Waals surface area contributed by atoms with Crippen LogP contribution in [0.25, 0.3) is 22.2 Å². The Morgan fingerprint density at radius 1 is 1.16 bits per heavy atom. The molecule has 10 heteroatoms. The van der Waals surface area contributed by atoms with E-state index < -0.39 is 18.2 Å². The molecule has 1 aliphatic rings. The molecule has 0 bridgehead atoms. The molecule has 0 saturated carbocycles. The smallest absolute Gasteiger partial charge is 0.453 e. The van der Waals surface area contributed by atoms with Gasteiger partial charge >= 0.3 is 18.2 Å². The molecule has 0 radical (unpaired) electrons. The van der Waals surface area contributed by atoms with Crippen molar-refractivity contribution in [3.8, 4) is 16.9 Å². The van der Waals surface area contributed by atoms with Crippen LogP contribution >= 0.6 is 0 Å². The number of rotatable bonds is 4. The van der Waals surface area contributed by atoms with Crippen LogP contribution in [0, 0.1) is 5.92 Å². The molecule has 1 amide bonds. The van der Waals surface area contributed by atoms with Crippen LogP contribution in [0.15, 0.2) is 51.7 Å². The number of halogens is 3. The number of fused-ring (bicyclic) bond motifs is 1. The summed E-state index contributed by atoms with van der Waals surface area (Å²) in [6.07, 6.45) is -4.42. The molecule has 1 atom stereocenters. The molecule has 164 valence electrons. The summed E-state index contributed by atoms with van der Waals surface area (Å²) in [5.74, 6) is -0.744. The minimum absolute atomic E-state index is 0.0695. The fourth-order valence-corrected chi connectivity index (χ4v) is 3.80. The van der Waals surface area contributed by atoms with Gasteiger partial charge in [0.1, 0.15) is 5.75 Å². The van der Waals surface area contributed by atoms with Crippen molar-refractivity contribution in [1.29, 1.82) is 0 Å². The van der Waals surface area contributed by atoms with Gasteiger partial charge in [-0.3, -0.25) is 4.57 Å². The number of aromatic nitrogens is 1. The van der Waals surface area contributed by atoms with E-state index in [9.17, 15) is 22.8 Å². The molecule has 0 aliphatic carbocycles. The van der Waals surface area contributed by atoms with E-state index >= 15 is 0 Å². The Kier molecular flexibility index (Phi) is 5.38. The summed E-state index contributed by atoms with van der Waals surface area (Å²) in [5.41, 5.74) is 2.36. The Morgan fingerprint density at radius 2 is 1.87 bits per heavy atom. The predicted octanol–water partition coefficient (Wildman–Crippen LogP) is 4.25. The largest absolute Gasteiger partial charge is 0.573 e. The zero-order valence-corrected chi connectivity index (χ0v) is 16.5. The van der Waals surface area contributed by atoms with Crippen LogP contribution in [0.1, 0.15) is 6.42 Å². The number of carbonyl (C=O) groups is 1. The van der Waals surface area contributed by atoms with Gasteiger partial charge in [0.25, 0.3) is 0 Å². The van der Waals surface area contributed by atoms with Crippen LogP contribution in [-0.2, 0) is 11.3 Å². The van der Waals surface area contributed by atoms with Crippen LogP contribution in [0.3, 0.4) is 0 Å². The number of amides is 1. The molecule has 0 unspecified atom stereocenters. The Hall–Kier alpha value is -3.43. The molecule has 1 fully saturated rings. The minimum Gasteiger partial charge on any atom is -0.453 e. The van der Waals surface area contributed by atoms with Gasteiger partial charge in [0.2, 0.25) is 0 Å². The highest BCUT2D eigenvalue weighted by molar-refractivity contribution is 5.80. The summed E-state index contributed by atoms with van der Waals surface area (Å²) in [6.45, 7) is 1.41. The van der Waals surface area contributed by atoms with E-state index in [-0.39, 0.29) is 11.7 Å². The zero-order chi connectivity index (χ0) is 22.2. The van der Waals surface area contributed by atoms with Crippen molar-refractivity contribution < 1.29 is 31.9 Å². The lowest BCUT2D eigenvalue weighted by Gasteiger charge is -2.14. The summed E-state index contributed by atoms with van der Waals surface area (Å²) in [4.78, 5) is 25.7. The number of hydrogen-bond acceptors (Lipinski definition) is 5. The van der Waals surface area contributed by atoms with Crippen molar-refractivity contribution in [2.45, 2.75) is 19.3 Å². The van der Waals surface area contributed by atoms with Crippen molar-refractivity contribution in [2.24, 2.45) is 5.92 Å². The van der Waals surface area contributed by atoms with E-state index in [1.165, 1.54) is 35.9 Å². The summed E-state index contributed by atoms with van der Waals surface area (Å²) < 4.78 is 52.5. The van der Waals surface area contributed by atoms with Gasteiger partial charge in [-0.15, -0.1) is 13.2 Å². The normalized spacial score (nSPS) is 16.6. The first-order valence-electron chi connectivity index (χ1n) is 9.56. The van der Waals surface area contributed by atoms with Crippen LogP contribution in [0.4, 0.5) is 18.0 Å². The second-order valence-electron chi connectivity index (χ2n) is 7.30. The van der Waals surface area contributed by atoms with Gasteiger partial charge in [-0.1, -0.05) is 18.2 Å². The molecule has 0 spiro atoms. The molecule has 2 aromatic carbocycles. The number of likely N-dealkylation sites (tertiary alicyclic amines) is 1. The number of ether oxygens (including phenoxy) is 2. The maximum absolute atomic E-state index is 12.4. The SMILES string of the molecule is COC(=O)N1CC[C@H](Cn2c(=O)oc3ccc(-c4ccc(OC(F)(F)F)cc4)cc32)C1. The Balaban J connectivity index is 1.58. The topological polar surface area (TPSA) is 73.9 Å². The number of oxazole rings is 1. The molecule has 3 aromatic rings. The van der Waals surface area contributed by atoms with Crippen molar-refractivity contribution in [3.05, 3.63) is 53.0 Å². The molecular formula is C21H19F3N2O5. The quantitative estimate of drug-likeness (QED) is 0.612. The lowest BCUT2D eigenvalue weighted by atomic mass is 10.0. The van der Waals surface area contributed by atoms with Crippen LogP contribution in [0.2, 0.25) is 0 Å². The third kappa shape index (κ3) is 4.52. The Morgan fingerprint density at radius 3 is 2.55 bits per heavy atom. The van der Waals surface area contributed by atoms with Crippen LogP contribution < -0.4 is 10.5 Å². The summed E-state index contributed by atoms with van der Waals surface area (Å²) >= 11 is 0. The molecular weight excluding hydrogens is 417 g/mol. The monoisotopic (exact) mass is 436 g/mol. The second-order valence-corrected chi connectivity index (χ2v) is 7.30. The molecule has 1 aliphatic heterocycles. The first kappa shape index (κ1) is 20.8. The highest BCUT2D eigenvalue weighted by Gasteiger charge is 2.31. The van der Waals surface area contributed by atoms with E-state index in [0.29, 0.717) is 41.9 Å². The molecule has 1 saturated heterocycles. The van der Waals surface area contributed by atoms with E-state index in [4.69, 9.17) is 9.15 Å². The summed E-state index contributed by atoms with van der Waals surface area (Å²) in [5, 5.41) is 0. The number of hydrogen-bond donors (Lipinski definition) is 0. The number of methoxy groups -OCH3 is 1. The summed E-state index contributed by atoms with van der Waals surface area (Å²) in [7, 11) is 1.33. The van der Waals surface area contributed by atoms with Crippen LogP contribution in [-0.4, -0.2) is 42.1 Å². The Labute approximate surface area is 174 Å². The highest BCUT2D eigenvalue weighted by atomic mass is 19.4. The van der Waals surface area contributed by atoms with Crippen LogP contribution in [0.5, 0.6) is 5.75 Å². The van der Waals surface area contributed by atoms with Gasteiger partial charge < -0.3 is 18.8 Å². The molecule has 2 heterocycles. The number of carbonyl (C=O) groups excluding carboxylic acids is 1. The fraction of sp³-hybridized carbons (Fsp3) is 0.333. The number of alkyl halides is 3.